The Balaban J connectivity index is 2.55. The number of ether oxygens (including phenoxy) is 2. The number of halogens is 1. The van der Waals surface area contributed by atoms with E-state index in [2.05, 4.69) is 33.5 Å². The normalized spacial score (nSPS) is 12.4. The predicted octanol–water partition coefficient (Wildman–Crippen LogP) is 2.26. The molecule has 18 heavy (non-hydrogen) atoms. The molecule has 0 bridgehead atoms. The van der Waals surface area contributed by atoms with E-state index in [9.17, 15) is 0 Å². The third-order valence-corrected chi connectivity index (χ3v) is 3.37. The number of nitrogens with one attached hydrogen (secondary N) is 1. The van der Waals surface area contributed by atoms with Crippen molar-refractivity contribution in [2.75, 3.05) is 20.3 Å². The quantitative estimate of drug-likeness (QED) is 0.439. The van der Waals surface area contributed by atoms with Crippen LogP contribution in [-0.4, -0.2) is 26.4 Å². The lowest BCUT2D eigenvalue weighted by Crippen LogP contribution is -2.37. The lowest BCUT2D eigenvalue weighted by Gasteiger charge is -2.16. The van der Waals surface area contributed by atoms with Crippen LogP contribution in [0.15, 0.2) is 22.7 Å². The van der Waals surface area contributed by atoms with Gasteiger partial charge in [-0.15, -0.1) is 0 Å². The molecular formula is C13H21BrN2O2. The summed E-state index contributed by atoms with van der Waals surface area (Å²) >= 11 is 3.48. The molecule has 5 heteroatoms. The molecule has 0 heterocycles. The molecular weight excluding hydrogens is 296 g/mol. The first-order valence-corrected chi connectivity index (χ1v) is 6.86. The van der Waals surface area contributed by atoms with Crippen LogP contribution in [-0.2, 0) is 11.2 Å². The average molecular weight is 317 g/mol. The first-order valence-electron chi connectivity index (χ1n) is 6.07. The van der Waals surface area contributed by atoms with Crippen LogP contribution in [0.1, 0.15) is 18.9 Å². The molecule has 1 unspecified atom stereocenters. The zero-order valence-electron chi connectivity index (χ0n) is 10.9. The topological polar surface area (TPSA) is 56.5 Å². The minimum absolute atomic E-state index is 0.219. The molecule has 0 fully saturated rings. The second-order valence-corrected chi connectivity index (χ2v) is 4.88. The van der Waals surface area contributed by atoms with E-state index >= 15 is 0 Å². The van der Waals surface area contributed by atoms with Gasteiger partial charge in [-0.25, -0.2) is 0 Å². The SMILES string of the molecule is CCOCCC(Cc1ccc(OC)c(Br)c1)NN. The molecule has 1 aromatic rings. The van der Waals surface area contributed by atoms with E-state index in [1.807, 2.05) is 13.0 Å². The molecule has 4 nitrogen and oxygen atoms in total. The Bertz CT molecular complexity index is 361. The highest BCUT2D eigenvalue weighted by atomic mass is 79.9. The van der Waals surface area contributed by atoms with E-state index in [-0.39, 0.29) is 6.04 Å². The van der Waals surface area contributed by atoms with Crippen LogP contribution in [0.25, 0.3) is 0 Å². The highest BCUT2D eigenvalue weighted by Crippen LogP contribution is 2.26. The molecule has 1 atom stereocenters. The number of methoxy groups -OCH3 is 1. The molecule has 0 amide bonds. The smallest absolute Gasteiger partial charge is 0.133 e. The summed E-state index contributed by atoms with van der Waals surface area (Å²) in [5.74, 6) is 6.39. The number of rotatable bonds is 8. The monoisotopic (exact) mass is 316 g/mol. The standard InChI is InChI=1S/C13H21BrN2O2/c1-3-18-7-6-11(16-15)8-10-4-5-13(17-2)12(14)9-10/h4-5,9,11,16H,3,6-8,15H2,1-2H3. The minimum Gasteiger partial charge on any atom is -0.496 e. The van der Waals surface area contributed by atoms with Gasteiger partial charge in [-0.3, -0.25) is 11.3 Å². The summed E-state index contributed by atoms with van der Waals surface area (Å²) in [4.78, 5) is 0. The van der Waals surface area contributed by atoms with Crippen molar-refractivity contribution >= 4 is 15.9 Å². The van der Waals surface area contributed by atoms with Gasteiger partial charge in [0.25, 0.3) is 0 Å². The van der Waals surface area contributed by atoms with Gasteiger partial charge in [-0.1, -0.05) is 6.07 Å². The Morgan fingerprint density at radius 2 is 2.22 bits per heavy atom. The summed E-state index contributed by atoms with van der Waals surface area (Å²) in [6.07, 6.45) is 1.76. The maximum absolute atomic E-state index is 5.55. The molecule has 3 N–H and O–H groups in total. The summed E-state index contributed by atoms with van der Waals surface area (Å²) < 4.78 is 11.5. The Labute approximate surface area is 117 Å². The zero-order chi connectivity index (χ0) is 13.4. The van der Waals surface area contributed by atoms with E-state index in [1.54, 1.807) is 7.11 Å². The Kier molecular flexibility index (Phi) is 7.27. The van der Waals surface area contributed by atoms with E-state index in [0.29, 0.717) is 0 Å². The van der Waals surface area contributed by atoms with Crippen LogP contribution in [0.5, 0.6) is 5.75 Å². The van der Waals surface area contributed by atoms with Crippen LogP contribution in [0.2, 0.25) is 0 Å². The Hall–Kier alpha value is -0.620. The zero-order valence-corrected chi connectivity index (χ0v) is 12.5. The molecule has 0 spiro atoms. The maximum atomic E-state index is 5.55. The third kappa shape index (κ3) is 4.94. The molecule has 0 saturated carbocycles. The minimum atomic E-state index is 0.219. The van der Waals surface area contributed by atoms with Gasteiger partial charge in [0.05, 0.1) is 11.6 Å². The van der Waals surface area contributed by atoms with E-state index < -0.39 is 0 Å². The number of hydrogen-bond donors (Lipinski definition) is 2. The fourth-order valence-electron chi connectivity index (χ4n) is 1.74. The fraction of sp³-hybridized carbons (Fsp3) is 0.538. The lowest BCUT2D eigenvalue weighted by molar-refractivity contribution is 0.136. The van der Waals surface area contributed by atoms with Gasteiger partial charge in [-0.05, 0) is 53.4 Å². The molecule has 0 aliphatic heterocycles. The van der Waals surface area contributed by atoms with E-state index in [4.69, 9.17) is 15.3 Å². The second kappa shape index (κ2) is 8.48. The summed E-state index contributed by atoms with van der Waals surface area (Å²) in [5.41, 5.74) is 4.04. The number of benzene rings is 1. The Morgan fingerprint density at radius 1 is 1.44 bits per heavy atom. The molecule has 0 saturated heterocycles. The van der Waals surface area contributed by atoms with Crippen molar-refractivity contribution in [3.63, 3.8) is 0 Å². The highest BCUT2D eigenvalue weighted by Gasteiger charge is 2.09. The van der Waals surface area contributed by atoms with Crippen molar-refractivity contribution in [2.24, 2.45) is 5.84 Å². The predicted molar refractivity (Wildman–Crippen MR) is 76.6 cm³/mol. The van der Waals surface area contributed by atoms with Crippen molar-refractivity contribution in [1.82, 2.24) is 5.43 Å². The van der Waals surface area contributed by atoms with Crippen LogP contribution < -0.4 is 16.0 Å². The molecule has 102 valence electrons. The molecule has 0 aliphatic rings. The van der Waals surface area contributed by atoms with Crippen LogP contribution in [0.3, 0.4) is 0 Å². The molecule has 0 aliphatic carbocycles. The van der Waals surface area contributed by atoms with Crippen molar-refractivity contribution in [2.45, 2.75) is 25.8 Å². The first kappa shape index (κ1) is 15.4. The summed E-state index contributed by atoms with van der Waals surface area (Å²) in [5, 5.41) is 0. The molecule has 0 aromatic heterocycles. The van der Waals surface area contributed by atoms with Gasteiger partial charge in [0.15, 0.2) is 0 Å². The number of hydrazine groups is 1. The molecule has 1 rings (SSSR count). The average Bonchev–Trinajstić information content (AvgIpc) is 2.38. The fourth-order valence-corrected chi connectivity index (χ4v) is 2.32. The van der Waals surface area contributed by atoms with Crippen molar-refractivity contribution < 1.29 is 9.47 Å². The lowest BCUT2D eigenvalue weighted by atomic mass is 10.0. The summed E-state index contributed by atoms with van der Waals surface area (Å²) in [6.45, 7) is 3.46. The number of nitrogens with two attached hydrogens (primary N) is 1. The summed E-state index contributed by atoms with van der Waals surface area (Å²) in [6, 6.07) is 6.28. The van der Waals surface area contributed by atoms with Crippen LogP contribution in [0.4, 0.5) is 0 Å². The number of hydrogen-bond acceptors (Lipinski definition) is 4. The van der Waals surface area contributed by atoms with E-state index in [0.717, 1.165) is 36.3 Å². The first-order chi connectivity index (χ1) is 8.71. The van der Waals surface area contributed by atoms with Gasteiger partial charge < -0.3 is 9.47 Å². The Morgan fingerprint density at radius 3 is 2.78 bits per heavy atom. The largest absolute Gasteiger partial charge is 0.496 e. The van der Waals surface area contributed by atoms with Gasteiger partial charge in [0.2, 0.25) is 0 Å². The van der Waals surface area contributed by atoms with Crippen molar-refractivity contribution in [1.29, 1.82) is 0 Å². The highest BCUT2D eigenvalue weighted by molar-refractivity contribution is 9.10. The summed E-state index contributed by atoms with van der Waals surface area (Å²) in [7, 11) is 1.66. The molecule has 1 aromatic carbocycles. The van der Waals surface area contributed by atoms with Crippen molar-refractivity contribution in [3.05, 3.63) is 28.2 Å². The van der Waals surface area contributed by atoms with Gasteiger partial charge in [0.1, 0.15) is 5.75 Å². The van der Waals surface area contributed by atoms with Crippen LogP contribution >= 0.6 is 15.9 Å². The second-order valence-electron chi connectivity index (χ2n) is 4.02. The molecule has 0 radical (unpaired) electrons. The van der Waals surface area contributed by atoms with Gasteiger partial charge >= 0.3 is 0 Å². The van der Waals surface area contributed by atoms with Crippen LogP contribution in [0, 0.1) is 0 Å². The maximum Gasteiger partial charge on any atom is 0.133 e. The van der Waals surface area contributed by atoms with E-state index in [1.165, 1.54) is 5.56 Å². The third-order valence-electron chi connectivity index (χ3n) is 2.75. The van der Waals surface area contributed by atoms with Gasteiger partial charge in [-0.2, -0.15) is 0 Å². The van der Waals surface area contributed by atoms with Crippen molar-refractivity contribution in [3.8, 4) is 5.75 Å². The van der Waals surface area contributed by atoms with Gasteiger partial charge in [0, 0.05) is 19.3 Å².